The third kappa shape index (κ3) is 3.41. The summed E-state index contributed by atoms with van der Waals surface area (Å²) in [5, 5.41) is 0. The molecule has 0 radical (unpaired) electrons. The van der Waals surface area contributed by atoms with Crippen molar-refractivity contribution < 1.29 is 14.3 Å². The first-order valence-corrected chi connectivity index (χ1v) is 8.85. The van der Waals surface area contributed by atoms with Gasteiger partial charge in [-0.05, 0) is 44.4 Å². The van der Waals surface area contributed by atoms with Crippen LogP contribution in [0.3, 0.4) is 0 Å². The van der Waals surface area contributed by atoms with Gasteiger partial charge < -0.3 is 14.4 Å². The highest BCUT2D eigenvalue weighted by Gasteiger charge is 2.24. The molecule has 1 heterocycles. The van der Waals surface area contributed by atoms with Gasteiger partial charge in [0.25, 0.3) is 0 Å². The van der Waals surface area contributed by atoms with E-state index in [0.717, 1.165) is 50.4 Å². The topological polar surface area (TPSA) is 42.0 Å². The summed E-state index contributed by atoms with van der Waals surface area (Å²) in [6.07, 6.45) is 3.86. The van der Waals surface area contributed by atoms with Crippen LogP contribution in [0.15, 0.2) is 24.3 Å². The molecule has 1 aromatic carbocycles. The van der Waals surface area contributed by atoms with Gasteiger partial charge in [0.05, 0.1) is 25.5 Å². The number of benzene rings is 1. The molecule has 2 aliphatic rings. The van der Waals surface area contributed by atoms with Crippen LogP contribution in [0.25, 0.3) is 5.70 Å². The summed E-state index contributed by atoms with van der Waals surface area (Å²) in [6.45, 7) is 8.17. The molecule has 0 aromatic heterocycles. The Morgan fingerprint density at radius 3 is 2.79 bits per heavy atom. The van der Waals surface area contributed by atoms with E-state index < -0.39 is 0 Å². The minimum absolute atomic E-state index is 0.268. The van der Waals surface area contributed by atoms with E-state index in [0.29, 0.717) is 13.2 Å². The van der Waals surface area contributed by atoms with Crippen LogP contribution in [0.1, 0.15) is 31.4 Å². The van der Waals surface area contributed by atoms with Crippen molar-refractivity contribution >= 4 is 17.5 Å². The molecule has 0 saturated carbocycles. The normalized spacial score (nSPS) is 17.1. The highest BCUT2D eigenvalue weighted by molar-refractivity contribution is 5.84. The molecule has 0 unspecified atom stereocenters. The summed E-state index contributed by atoms with van der Waals surface area (Å²) in [4.78, 5) is 16.4. The zero-order chi connectivity index (χ0) is 16.9. The number of morpholine rings is 1. The molecular formula is C19H26N2O3. The van der Waals surface area contributed by atoms with Crippen molar-refractivity contribution in [3.8, 4) is 0 Å². The second-order valence-corrected chi connectivity index (χ2v) is 6.01. The molecule has 0 atom stereocenters. The van der Waals surface area contributed by atoms with E-state index >= 15 is 0 Å². The van der Waals surface area contributed by atoms with Crippen molar-refractivity contribution in [2.45, 2.75) is 26.7 Å². The molecule has 3 rings (SSSR count). The number of hydrogen-bond acceptors (Lipinski definition) is 4. The predicted molar refractivity (Wildman–Crippen MR) is 95.2 cm³/mol. The van der Waals surface area contributed by atoms with Crippen molar-refractivity contribution in [2.75, 3.05) is 44.4 Å². The molecule has 1 saturated heterocycles. The maximum absolute atomic E-state index is 12.3. The molecule has 5 heteroatoms. The van der Waals surface area contributed by atoms with Gasteiger partial charge >= 0.3 is 6.09 Å². The Morgan fingerprint density at radius 1 is 1.29 bits per heavy atom. The van der Waals surface area contributed by atoms with Gasteiger partial charge in [-0.1, -0.05) is 12.1 Å². The summed E-state index contributed by atoms with van der Waals surface area (Å²) < 4.78 is 10.7. The highest BCUT2D eigenvalue weighted by atomic mass is 16.6. The van der Waals surface area contributed by atoms with Crippen LogP contribution >= 0.6 is 0 Å². The average Bonchev–Trinajstić information content (AvgIpc) is 2.63. The fraction of sp³-hybridized carbons (Fsp3) is 0.526. The highest BCUT2D eigenvalue weighted by Crippen LogP contribution is 2.33. The Hall–Kier alpha value is -2.01. The fourth-order valence-electron chi connectivity index (χ4n) is 3.37. The first kappa shape index (κ1) is 16.8. The lowest BCUT2D eigenvalue weighted by atomic mass is 9.93. The van der Waals surface area contributed by atoms with Crippen LogP contribution in [-0.4, -0.2) is 50.4 Å². The number of amides is 1. The van der Waals surface area contributed by atoms with Crippen LogP contribution in [0, 0.1) is 0 Å². The van der Waals surface area contributed by atoms with Crippen molar-refractivity contribution in [3.05, 3.63) is 35.4 Å². The van der Waals surface area contributed by atoms with Crippen molar-refractivity contribution in [1.82, 2.24) is 4.90 Å². The molecule has 130 valence electrons. The van der Waals surface area contributed by atoms with Crippen molar-refractivity contribution in [3.63, 3.8) is 0 Å². The van der Waals surface area contributed by atoms with E-state index in [9.17, 15) is 4.79 Å². The van der Waals surface area contributed by atoms with Crippen molar-refractivity contribution in [1.29, 1.82) is 0 Å². The maximum Gasteiger partial charge on any atom is 0.414 e. The standard InChI is InChI=1S/C19H26N2O3/c1-3-21(19(22)24-4-2)18-7-5-6-15-8-9-16(14-17(15)18)20-10-12-23-13-11-20/h7-9,14H,3-6,10-13H2,1-2H3. The number of aryl methyl sites for hydroxylation is 1. The van der Waals surface area contributed by atoms with Gasteiger partial charge in [0.1, 0.15) is 0 Å². The lowest BCUT2D eigenvalue weighted by Crippen LogP contribution is -2.36. The van der Waals surface area contributed by atoms with E-state index in [4.69, 9.17) is 9.47 Å². The molecule has 1 amide bonds. The van der Waals surface area contributed by atoms with Crippen LogP contribution in [0.2, 0.25) is 0 Å². The Labute approximate surface area is 143 Å². The van der Waals surface area contributed by atoms with E-state index in [1.807, 2.05) is 13.8 Å². The Bertz CT molecular complexity index is 621. The molecule has 1 aliphatic heterocycles. The first-order valence-electron chi connectivity index (χ1n) is 8.85. The monoisotopic (exact) mass is 330 g/mol. The predicted octanol–water partition coefficient (Wildman–Crippen LogP) is 3.29. The number of anilines is 1. The number of fused-ring (bicyclic) bond motifs is 1. The van der Waals surface area contributed by atoms with Crippen LogP contribution in [0.4, 0.5) is 10.5 Å². The third-order valence-corrected chi connectivity index (χ3v) is 4.59. The Morgan fingerprint density at radius 2 is 2.08 bits per heavy atom. The van der Waals surface area contributed by atoms with Gasteiger partial charge in [-0.25, -0.2) is 4.79 Å². The first-order chi connectivity index (χ1) is 11.7. The zero-order valence-corrected chi connectivity index (χ0v) is 14.6. The lowest BCUT2D eigenvalue weighted by Gasteiger charge is -2.32. The summed E-state index contributed by atoms with van der Waals surface area (Å²) in [5.74, 6) is 0. The number of carbonyl (C=O) groups excluding carboxylic acids is 1. The van der Waals surface area contributed by atoms with E-state index in [2.05, 4.69) is 29.2 Å². The number of rotatable bonds is 4. The fourth-order valence-corrected chi connectivity index (χ4v) is 3.37. The van der Waals surface area contributed by atoms with E-state index in [-0.39, 0.29) is 6.09 Å². The molecule has 0 spiro atoms. The SMILES string of the molecule is CCOC(=O)N(CC)C1=CCCc2ccc(N3CCOCC3)cc21. The second-order valence-electron chi connectivity index (χ2n) is 6.01. The smallest absolute Gasteiger partial charge is 0.414 e. The van der Waals surface area contributed by atoms with Gasteiger partial charge in [-0.2, -0.15) is 0 Å². The number of hydrogen-bond donors (Lipinski definition) is 0. The van der Waals surface area contributed by atoms with E-state index in [1.165, 1.54) is 11.3 Å². The number of carbonyl (C=O) groups is 1. The minimum Gasteiger partial charge on any atom is -0.449 e. The van der Waals surface area contributed by atoms with E-state index in [1.54, 1.807) is 4.90 Å². The van der Waals surface area contributed by atoms with Gasteiger partial charge in [0, 0.05) is 30.9 Å². The quantitative estimate of drug-likeness (QED) is 0.849. The summed E-state index contributed by atoms with van der Waals surface area (Å²) >= 11 is 0. The molecule has 0 bridgehead atoms. The molecular weight excluding hydrogens is 304 g/mol. The Balaban J connectivity index is 1.91. The molecule has 1 aromatic rings. The van der Waals surface area contributed by atoms with Gasteiger partial charge in [0.15, 0.2) is 0 Å². The summed E-state index contributed by atoms with van der Waals surface area (Å²) in [6, 6.07) is 6.60. The van der Waals surface area contributed by atoms with Gasteiger partial charge in [-0.15, -0.1) is 0 Å². The largest absolute Gasteiger partial charge is 0.449 e. The van der Waals surface area contributed by atoms with Gasteiger partial charge in [0.2, 0.25) is 0 Å². The average molecular weight is 330 g/mol. The molecule has 0 N–H and O–H groups in total. The molecule has 24 heavy (non-hydrogen) atoms. The van der Waals surface area contributed by atoms with Crippen LogP contribution < -0.4 is 4.90 Å². The summed E-state index contributed by atoms with van der Waals surface area (Å²) in [7, 11) is 0. The lowest BCUT2D eigenvalue weighted by molar-refractivity contribution is 0.122. The zero-order valence-electron chi connectivity index (χ0n) is 14.6. The molecule has 1 fully saturated rings. The summed E-state index contributed by atoms with van der Waals surface area (Å²) in [5.41, 5.74) is 4.63. The van der Waals surface area contributed by atoms with Crippen LogP contribution in [-0.2, 0) is 15.9 Å². The van der Waals surface area contributed by atoms with Crippen LogP contribution in [0.5, 0.6) is 0 Å². The van der Waals surface area contributed by atoms with Gasteiger partial charge in [-0.3, -0.25) is 4.90 Å². The third-order valence-electron chi connectivity index (χ3n) is 4.59. The molecule has 1 aliphatic carbocycles. The maximum atomic E-state index is 12.3. The minimum atomic E-state index is -0.268. The number of nitrogens with zero attached hydrogens (tertiary/aromatic N) is 2. The second kappa shape index (κ2) is 7.71. The number of allylic oxidation sites excluding steroid dienone is 1. The number of ether oxygens (including phenoxy) is 2. The van der Waals surface area contributed by atoms with Crippen molar-refractivity contribution in [2.24, 2.45) is 0 Å². The Kier molecular flexibility index (Phi) is 5.41. The molecule has 5 nitrogen and oxygen atoms in total.